The second kappa shape index (κ2) is 8.41. The van der Waals surface area contributed by atoms with Crippen molar-refractivity contribution in [1.82, 2.24) is 5.32 Å². The lowest BCUT2D eigenvalue weighted by molar-refractivity contribution is -0.119. The molecule has 2 aromatic rings. The largest absolute Gasteiger partial charge is 0.489 e. The van der Waals surface area contributed by atoms with Crippen LogP contribution in [0, 0.1) is 0 Å². The summed E-state index contributed by atoms with van der Waals surface area (Å²) in [6.07, 6.45) is -0.768. The fourth-order valence-electron chi connectivity index (χ4n) is 1.90. The number of nitrogens with one attached hydrogen (secondary N) is 1. The van der Waals surface area contributed by atoms with Gasteiger partial charge in [-0.15, -0.1) is 11.6 Å². The van der Waals surface area contributed by atoms with Crippen LogP contribution >= 0.6 is 11.6 Å². The van der Waals surface area contributed by atoms with Crippen LogP contribution in [0.25, 0.3) is 0 Å². The topological polar surface area (TPSA) is 58.6 Å². The zero-order chi connectivity index (χ0) is 15.8. The van der Waals surface area contributed by atoms with E-state index in [2.05, 4.69) is 5.32 Å². The van der Waals surface area contributed by atoms with Crippen molar-refractivity contribution < 1.29 is 14.6 Å². The molecule has 0 saturated heterocycles. The lowest BCUT2D eigenvalue weighted by atomic mass is 10.1. The molecule has 0 aliphatic heterocycles. The number of rotatable bonds is 7. The molecule has 0 bridgehead atoms. The van der Waals surface area contributed by atoms with Gasteiger partial charge in [0.25, 0.3) is 0 Å². The number of hydrogen-bond donors (Lipinski definition) is 2. The molecule has 4 nitrogen and oxygen atoms in total. The minimum absolute atomic E-state index is 0.112. The van der Waals surface area contributed by atoms with Gasteiger partial charge in [-0.3, -0.25) is 4.79 Å². The second-order valence-electron chi connectivity index (χ2n) is 4.80. The van der Waals surface area contributed by atoms with E-state index in [0.29, 0.717) is 12.2 Å². The first-order chi connectivity index (χ1) is 10.7. The van der Waals surface area contributed by atoms with Crippen molar-refractivity contribution in [2.75, 3.05) is 12.4 Å². The molecule has 22 heavy (non-hydrogen) atoms. The third-order valence-electron chi connectivity index (χ3n) is 3.13. The molecule has 2 aromatic carbocycles. The van der Waals surface area contributed by atoms with E-state index in [1.165, 1.54) is 0 Å². The first-order valence-electron chi connectivity index (χ1n) is 6.96. The summed E-state index contributed by atoms with van der Waals surface area (Å²) in [5.41, 5.74) is 1.80. The Balaban J connectivity index is 1.85. The first-order valence-corrected chi connectivity index (χ1v) is 7.50. The number of ether oxygens (including phenoxy) is 1. The number of aliphatic hydroxyl groups excluding tert-OH is 1. The average molecular weight is 320 g/mol. The van der Waals surface area contributed by atoms with Gasteiger partial charge in [0.15, 0.2) is 0 Å². The van der Waals surface area contributed by atoms with Crippen molar-refractivity contribution in [1.29, 1.82) is 0 Å². The fraction of sp³-hybridized carbons (Fsp3) is 0.235. The lowest BCUT2D eigenvalue weighted by Gasteiger charge is -2.13. The van der Waals surface area contributed by atoms with Gasteiger partial charge in [-0.1, -0.05) is 42.5 Å². The van der Waals surface area contributed by atoms with Crippen LogP contribution in [-0.2, 0) is 11.4 Å². The third-order valence-corrected chi connectivity index (χ3v) is 3.37. The molecule has 0 aliphatic carbocycles. The maximum Gasteiger partial charge on any atom is 0.235 e. The monoisotopic (exact) mass is 319 g/mol. The Morgan fingerprint density at radius 3 is 2.45 bits per heavy atom. The Bertz CT molecular complexity index is 587. The molecule has 5 heteroatoms. The molecule has 0 heterocycles. The molecule has 1 atom stereocenters. The average Bonchev–Trinajstić information content (AvgIpc) is 2.59. The highest BCUT2D eigenvalue weighted by atomic mass is 35.5. The minimum atomic E-state index is -0.768. The van der Waals surface area contributed by atoms with Crippen LogP contribution in [0.1, 0.15) is 17.2 Å². The number of halogens is 1. The van der Waals surface area contributed by atoms with E-state index in [9.17, 15) is 9.90 Å². The number of carbonyl (C=O) groups excluding carboxylic acids is 1. The van der Waals surface area contributed by atoms with Gasteiger partial charge in [0.05, 0.1) is 6.10 Å². The van der Waals surface area contributed by atoms with Gasteiger partial charge < -0.3 is 15.2 Å². The van der Waals surface area contributed by atoms with E-state index in [0.717, 1.165) is 11.3 Å². The summed E-state index contributed by atoms with van der Waals surface area (Å²) < 4.78 is 5.67. The van der Waals surface area contributed by atoms with E-state index in [1.807, 2.05) is 30.3 Å². The summed E-state index contributed by atoms with van der Waals surface area (Å²) in [5, 5.41) is 12.5. The highest BCUT2D eigenvalue weighted by molar-refractivity contribution is 6.27. The standard InChI is InChI=1S/C17H18ClNO3/c18-10-17(21)19-11-16(20)14-6-8-15(9-7-14)22-12-13-4-2-1-3-5-13/h1-9,16,20H,10-12H2,(H,19,21)/t16-/m1/s1. The predicted molar refractivity (Wildman–Crippen MR) is 85.9 cm³/mol. The fourth-order valence-corrected chi connectivity index (χ4v) is 2.00. The Kier molecular flexibility index (Phi) is 6.25. The van der Waals surface area contributed by atoms with Gasteiger partial charge in [0, 0.05) is 6.54 Å². The molecule has 0 spiro atoms. The van der Waals surface area contributed by atoms with Gasteiger partial charge in [-0.2, -0.15) is 0 Å². The maximum atomic E-state index is 11.0. The SMILES string of the molecule is O=C(CCl)NC[C@@H](O)c1ccc(OCc2ccccc2)cc1. The molecule has 0 radical (unpaired) electrons. The molecule has 0 unspecified atom stereocenters. The summed E-state index contributed by atoms with van der Waals surface area (Å²) in [7, 11) is 0. The van der Waals surface area contributed by atoms with Crippen LogP contribution in [0.5, 0.6) is 5.75 Å². The number of carbonyl (C=O) groups is 1. The van der Waals surface area contributed by atoms with Gasteiger partial charge in [0.1, 0.15) is 18.2 Å². The highest BCUT2D eigenvalue weighted by Crippen LogP contribution is 2.18. The zero-order valence-corrected chi connectivity index (χ0v) is 12.8. The molecule has 1 amide bonds. The summed E-state index contributed by atoms with van der Waals surface area (Å²) in [6, 6.07) is 17.0. The van der Waals surface area contributed by atoms with E-state index in [4.69, 9.17) is 16.3 Å². The Hall–Kier alpha value is -2.04. The number of hydrogen-bond acceptors (Lipinski definition) is 3. The van der Waals surface area contributed by atoms with E-state index in [1.54, 1.807) is 24.3 Å². The lowest BCUT2D eigenvalue weighted by Crippen LogP contribution is -2.29. The summed E-state index contributed by atoms with van der Waals surface area (Å²) in [5.74, 6) is 0.312. The highest BCUT2D eigenvalue weighted by Gasteiger charge is 2.09. The number of alkyl halides is 1. The summed E-state index contributed by atoms with van der Waals surface area (Å²) in [6.45, 7) is 0.629. The van der Waals surface area contributed by atoms with Crippen LogP contribution in [0.15, 0.2) is 54.6 Å². The van der Waals surface area contributed by atoms with Crippen molar-refractivity contribution in [2.24, 2.45) is 0 Å². The van der Waals surface area contributed by atoms with Crippen molar-refractivity contribution >= 4 is 17.5 Å². The van der Waals surface area contributed by atoms with Crippen LogP contribution in [0.4, 0.5) is 0 Å². The predicted octanol–water partition coefficient (Wildman–Crippen LogP) is 2.65. The van der Waals surface area contributed by atoms with Crippen molar-refractivity contribution in [3.05, 3.63) is 65.7 Å². The second-order valence-corrected chi connectivity index (χ2v) is 5.06. The molecular formula is C17H18ClNO3. The summed E-state index contributed by atoms with van der Waals surface area (Å²) in [4.78, 5) is 11.0. The molecular weight excluding hydrogens is 302 g/mol. The van der Waals surface area contributed by atoms with E-state index < -0.39 is 6.10 Å². The molecule has 116 valence electrons. The minimum Gasteiger partial charge on any atom is -0.489 e. The molecule has 2 rings (SSSR count). The van der Waals surface area contributed by atoms with E-state index in [-0.39, 0.29) is 18.3 Å². The van der Waals surface area contributed by atoms with E-state index >= 15 is 0 Å². The quantitative estimate of drug-likeness (QED) is 0.771. The van der Waals surface area contributed by atoms with Crippen LogP contribution in [-0.4, -0.2) is 23.4 Å². The summed E-state index contributed by atoms with van der Waals surface area (Å²) >= 11 is 5.38. The number of aliphatic hydroxyl groups is 1. The zero-order valence-electron chi connectivity index (χ0n) is 12.0. The molecule has 0 fully saturated rings. The Morgan fingerprint density at radius 2 is 1.82 bits per heavy atom. The van der Waals surface area contributed by atoms with Gasteiger partial charge in [-0.05, 0) is 23.3 Å². The van der Waals surface area contributed by atoms with Crippen LogP contribution in [0.2, 0.25) is 0 Å². The smallest absolute Gasteiger partial charge is 0.235 e. The maximum absolute atomic E-state index is 11.0. The van der Waals surface area contributed by atoms with Gasteiger partial charge in [0.2, 0.25) is 5.91 Å². The van der Waals surface area contributed by atoms with Gasteiger partial charge >= 0.3 is 0 Å². The van der Waals surface area contributed by atoms with Crippen molar-refractivity contribution in [2.45, 2.75) is 12.7 Å². The van der Waals surface area contributed by atoms with Crippen molar-refractivity contribution in [3.8, 4) is 5.75 Å². The van der Waals surface area contributed by atoms with Crippen LogP contribution < -0.4 is 10.1 Å². The number of amides is 1. The Morgan fingerprint density at radius 1 is 1.14 bits per heavy atom. The molecule has 0 aromatic heterocycles. The Labute approximate surface area is 134 Å². The molecule has 2 N–H and O–H groups in total. The van der Waals surface area contributed by atoms with Crippen molar-refractivity contribution in [3.63, 3.8) is 0 Å². The normalized spacial score (nSPS) is 11.7. The third kappa shape index (κ3) is 5.06. The number of benzene rings is 2. The molecule has 0 saturated carbocycles. The molecule has 0 aliphatic rings. The first kappa shape index (κ1) is 16.3. The van der Waals surface area contributed by atoms with Crippen LogP contribution in [0.3, 0.4) is 0 Å². The van der Waals surface area contributed by atoms with Gasteiger partial charge in [-0.25, -0.2) is 0 Å².